The quantitative estimate of drug-likeness (QED) is 0.732. The Morgan fingerprint density at radius 1 is 1.31 bits per heavy atom. The third-order valence-corrected chi connectivity index (χ3v) is 6.03. The summed E-state index contributed by atoms with van der Waals surface area (Å²) in [6.45, 7) is 2.83. The predicted molar refractivity (Wildman–Crippen MR) is 102 cm³/mol. The first-order valence-electron chi connectivity index (χ1n) is 8.79. The van der Waals surface area contributed by atoms with Gasteiger partial charge in [-0.1, -0.05) is 6.07 Å². The summed E-state index contributed by atoms with van der Waals surface area (Å²) in [7, 11) is 7.47. The third kappa shape index (κ3) is 3.81. The lowest BCUT2D eigenvalue weighted by atomic mass is 9.86. The van der Waals surface area contributed by atoms with Crippen molar-refractivity contribution in [3.8, 4) is 0 Å². The van der Waals surface area contributed by atoms with Gasteiger partial charge in [0.15, 0.2) is 0 Å². The van der Waals surface area contributed by atoms with Gasteiger partial charge in [0.2, 0.25) is 11.8 Å². The second-order valence-corrected chi connectivity index (χ2v) is 7.97. The number of nitrogens with zero attached hydrogens (tertiary/aromatic N) is 2. The van der Waals surface area contributed by atoms with Gasteiger partial charge in [-0.05, 0) is 59.8 Å². The minimum Gasteiger partial charge on any atom is -0.344 e. The first-order chi connectivity index (χ1) is 12.4. The van der Waals surface area contributed by atoms with Gasteiger partial charge >= 0.3 is 0 Å². The molecule has 1 N–H and O–H groups in total. The number of nitrogens with one attached hydrogen (secondary N) is 1. The Labute approximate surface area is 162 Å². The summed E-state index contributed by atoms with van der Waals surface area (Å²) >= 11 is 3.16. The maximum Gasteiger partial charge on any atom is 0.246 e. The van der Waals surface area contributed by atoms with Crippen LogP contribution in [0.4, 0.5) is 4.39 Å². The number of amides is 2. The van der Waals surface area contributed by atoms with Crippen LogP contribution in [0.25, 0.3) is 0 Å². The second-order valence-electron chi connectivity index (χ2n) is 7.12. The maximum absolute atomic E-state index is 14.1. The zero-order valence-electron chi connectivity index (χ0n) is 14.8. The molecular weight excluding hydrogens is 400 g/mol. The number of piperazine rings is 1. The number of carbonyl (C=O) groups excluding carboxylic acids is 2. The molecule has 0 unspecified atom stereocenters. The highest BCUT2D eigenvalue weighted by Crippen LogP contribution is 2.52. The van der Waals surface area contributed by atoms with Crippen LogP contribution in [-0.2, 0) is 15.0 Å². The first kappa shape index (κ1) is 19.4. The molecule has 26 heavy (non-hydrogen) atoms. The highest BCUT2D eigenvalue weighted by molar-refractivity contribution is 9.10. The van der Waals surface area contributed by atoms with E-state index in [-0.39, 0.29) is 24.0 Å². The summed E-state index contributed by atoms with van der Waals surface area (Å²) in [6.07, 6.45) is 1.27. The second kappa shape index (κ2) is 7.68. The molecule has 1 aliphatic carbocycles. The molecule has 1 aliphatic heterocycles. The summed E-state index contributed by atoms with van der Waals surface area (Å²) in [4.78, 5) is 29.2. The number of likely N-dealkylation sites (N-methyl/N-ethyl adjacent to an activating group) is 1. The smallest absolute Gasteiger partial charge is 0.246 e. The Hall–Kier alpha value is -1.41. The van der Waals surface area contributed by atoms with E-state index in [0.29, 0.717) is 17.6 Å². The van der Waals surface area contributed by atoms with Crippen LogP contribution in [-0.4, -0.2) is 68.7 Å². The lowest BCUT2D eigenvalue weighted by Gasteiger charge is -2.37. The molecule has 0 aromatic heterocycles. The van der Waals surface area contributed by atoms with Crippen molar-refractivity contribution >= 4 is 35.6 Å². The standard InChI is InChI=1S/C18H22BBrFN3O2/c1-23-6-8-24(9-7-23)17(26)16(22-15(25)11-19)18(4-5-18)12-2-3-13(20)14(21)10-12/h2-3,10,16H,4-9,11H2,1H3,(H,22,25)/t16-/m0/s1. The van der Waals surface area contributed by atoms with Gasteiger partial charge in [-0.2, -0.15) is 0 Å². The highest BCUT2D eigenvalue weighted by atomic mass is 79.9. The Balaban J connectivity index is 1.89. The molecule has 2 aliphatic rings. The minimum atomic E-state index is -0.720. The van der Waals surface area contributed by atoms with E-state index < -0.39 is 11.5 Å². The van der Waals surface area contributed by atoms with Crippen molar-refractivity contribution in [1.29, 1.82) is 0 Å². The fourth-order valence-electron chi connectivity index (χ4n) is 3.55. The number of halogens is 2. The molecule has 5 nitrogen and oxygen atoms in total. The van der Waals surface area contributed by atoms with E-state index in [1.165, 1.54) is 6.07 Å². The van der Waals surface area contributed by atoms with Gasteiger partial charge in [0.25, 0.3) is 0 Å². The van der Waals surface area contributed by atoms with Crippen LogP contribution >= 0.6 is 15.9 Å². The van der Waals surface area contributed by atoms with Gasteiger partial charge in [-0.15, -0.1) is 0 Å². The van der Waals surface area contributed by atoms with E-state index in [1.54, 1.807) is 11.0 Å². The van der Waals surface area contributed by atoms with Crippen molar-refractivity contribution in [3.05, 3.63) is 34.1 Å². The third-order valence-electron chi connectivity index (χ3n) is 5.39. The summed E-state index contributed by atoms with van der Waals surface area (Å²) in [5, 5.41) is 2.81. The normalized spacial score (nSPS) is 20.5. The van der Waals surface area contributed by atoms with E-state index in [0.717, 1.165) is 31.5 Å². The zero-order chi connectivity index (χ0) is 18.9. The monoisotopic (exact) mass is 421 g/mol. The fraction of sp³-hybridized carbons (Fsp3) is 0.556. The Morgan fingerprint density at radius 2 is 1.96 bits per heavy atom. The molecule has 138 valence electrons. The number of rotatable bonds is 5. The Bertz CT molecular complexity index is 706. The highest BCUT2D eigenvalue weighted by Gasteiger charge is 2.55. The van der Waals surface area contributed by atoms with Crippen LogP contribution in [0.5, 0.6) is 0 Å². The molecule has 2 amide bonds. The average Bonchev–Trinajstić information content (AvgIpc) is 3.43. The molecule has 1 atom stereocenters. The summed E-state index contributed by atoms with van der Waals surface area (Å²) in [5.74, 6) is -0.855. The number of carbonyl (C=O) groups is 2. The molecule has 2 fully saturated rings. The van der Waals surface area contributed by atoms with E-state index in [1.807, 2.05) is 13.1 Å². The molecular formula is C18H22BBrFN3O2. The van der Waals surface area contributed by atoms with E-state index in [9.17, 15) is 14.0 Å². The maximum atomic E-state index is 14.1. The largest absolute Gasteiger partial charge is 0.344 e. The van der Waals surface area contributed by atoms with Gasteiger partial charge in [0.1, 0.15) is 11.9 Å². The minimum absolute atomic E-state index is 0.110. The van der Waals surface area contributed by atoms with Crippen molar-refractivity contribution in [2.24, 2.45) is 0 Å². The zero-order valence-corrected chi connectivity index (χ0v) is 16.4. The molecule has 1 heterocycles. The molecule has 8 heteroatoms. The van der Waals surface area contributed by atoms with Gasteiger partial charge in [0.05, 0.1) is 12.3 Å². The molecule has 1 aromatic rings. The SMILES string of the molecule is [B]CC(=O)N[C@@H](C(=O)N1CCN(C)CC1)C1(c2ccc(Br)c(F)c2)CC1. The van der Waals surface area contributed by atoms with Gasteiger partial charge in [0, 0.05) is 31.6 Å². The lowest BCUT2D eigenvalue weighted by molar-refractivity contribution is -0.138. The Kier molecular flexibility index (Phi) is 5.72. The number of benzene rings is 1. The first-order valence-corrected chi connectivity index (χ1v) is 9.59. The molecule has 1 saturated heterocycles. The molecule has 2 radical (unpaired) electrons. The topological polar surface area (TPSA) is 52.7 Å². The molecule has 0 bridgehead atoms. The van der Waals surface area contributed by atoms with Gasteiger partial charge in [-0.25, -0.2) is 4.39 Å². The van der Waals surface area contributed by atoms with Crippen LogP contribution in [0, 0.1) is 5.82 Å². The van der Waals surface area contributed by atoms with Crippen LogP contribution in [0.2, 0.25) is 6.32 Å². The van der Waals surface area contributed by atoms with Crippen LogP contribution in [0.15, 0.2) is 22.7 Å². The summed E-state index contributed by atoms with van der Waals surface area (Å²) in [6, 6.07) is 4.20. The van der Waals surface area contributed by atoms with Crippen molar-refractivity contribution < 1.29 is 14.0 Å². The average molecular weight is 422 g/mol. The Morgan fingerprint density at radius 3 is 2.50 bits per heavy atom. The summed E-state index contributed by atoms with van der Waals surface area (Å²) < 4.78 is 14.5. The fourth-order valence-corrected chi connectivity index (χ4v) is 3.80. The molecule has 1 saturated carbocycles. The van der Waals surface area contributed by atoms with Crippen molar-refractivity contribution in [1.82, 2.24) is 15.1 Å². The van der Waals surface area contributed by atoms with Crippen LogP contribution < -0.4 is 5.32 Å². The number of hydrogen-bond acceptors (Lipinski definition) is 3. The van der Waals surface area contributed by atoms with Crippen molar-refractivity contribution in [3.63, 3.8) is 0 Å². The van der Waals surface area contributed by atoms with Crippen molar-refractivity contribution in [2.45, 2.75) is 30.6 Å². The lowest BCUT2D eigenvalue weighted by Crippen LogP contribution is -2.58. The predicted octanol–water partition coefficient (Wildman–Crippen LogP) is 1.47. The molecule has 1 aromatic carbocycles. The molecule has 0 spiro atoms. The van der Waals surface area contributed by atoms with Crippen molar-refractivity contribution in [2.75, 3.05) is 33.2 Å². The van der Waals surface area contributed by atoms with Gasteiger partial charge < -0.3 is 15.1 Å². The number of hydrogen-bond donors (Lipinski definition) is 1. The van der Waals surface area contributed by atoms with Crippen LogP contribution in [0.1, 0.15) is 18.4 Å². The summed E-state index contributed by atoms with van der Waals surface area (Å²) in [5.41, 5.74) is 0.176. The van der Waals surface area contributed by atoms with E-state index in [4.69, 9.17) is 7.85 Å². The van der Waals surface area contributed by atoms with Crippen LogP contribution in [0.3, 0.4) is 0 Å². The van der Waals surface area contributed by atoms with E-state index in [2.05, 4.69) is 26.1 Å². The van der Waals surface area contributed by atoms with Gasteiger partial charge in [-0.3, -0.25) is 9.59 Å². The van der Waals surface area contributed by atoms with E-state index >= 15 is 0 Å². The molecule has 3 rings (SSSR count).